The van der Waals surface area contributed by atoms with Crippen LogP contribution in [0.25, 0.3) is 0 Å². The second-order valence-corrected chi connectivity index (χ2v) is 3.06. The second-order valence-electron chi connectivity index (χ2n) is 1.79. The molecule has 0 aliphatic carbocycles. The third kappa shape index (κ3) is 6.19. The van der Waals surface area contributed by atoms with Crippen molar-refractivity contribution in [3.8, 4) is 0 Å². The standard InChI is InChI=1S/C3H11NO3S/c1-3(2)4-8(5,6)7/h3-7H,1-2H3. The summed E-state index contributed by atoms with van der Waals surface area (Å²) in [4.78, 5) is 0. The van der Waals surface area contributed by atoms with Crippen LogP contribution in [0, 0.1) is 0 Å². The topological polar surface area (TPSA) is 72.7 Å². The van der Waals surface area contributed by atoms with Gasteiger partial charge in [-0.3, -0.25) is 13.7 Å². The van der Waals surface area contributed by atoms with Gasteiger partial charge >= 0.3 is 0 Å². The molecule has 0 radical (unpaired) electrons. The number of hydrogen-bond donors (Lipinski definition) is 4. The zero-order chi connectivity index (χ0) is 6.78. The minimum absolute atomic E-state index is 0.120. The van der Waals surface area contributed by atoms with Crippen molar-refractivity contribution >= 4 is 11.1 Å². The molecule has 0 aliphatic rings. The molecule has 0 aromatic rings. The zero-order valence-corrected chi connectivity index (χ0v) is 5.64. The largest absolute Gasteiger partial charge is 0.296 e. The molecule has 0 aromatic carbocycles. The molecule has 4 nitrogen and oxygen atoms in total. The summed E-state index contributed by atoms with van der Waals surface area (Å²) >= 11 is -3.47. The Kier molecular flexibility index (Phi) is 2.72. The molecule has 0 bridgehead atoms. The fraction of sp³-hybridized carbons (Fsp3) is 1.00. The molecule has 0 saturated carbocycles. The van der Waals surface area contributed by atoms with Crippen molar-refractivity contribution < 1.29 is 13.7 Å². The van der Waals surface area contributed by atoms with Gasteiger partial charge in [-0.05, 0) is 13.8 Å². The Morgan fingerprint density at radius 3 is 1.62 bits per heavy atom. The molecule has 0 rings (SSSR count). The maximum Gasteiger partial charge on any atom is 0.152 e. The van der Waals surface area contributed by atoms with E-state index in [-0.39, 0.29) is 6.04 Å². The van der Waals surface area contributed by atoms with Crippen LogP contribution in [0.5, 0.6) is 0 Å². The van der Waals surface area contributed by atoms with Crippen molar-refractivity contribution in [2.75, 3.05) is 0 Å². The summed E-state index contributed by atoms with van der Waals surface area (Å²) in [7, 11) is 0. The monoisotopic (exact) mass is 141 g/mol. The van der Waals surface area contributed by atoms with Crippen LogP contribution >= 0.6 is 11.1 Å². The van der Waals surface area contributed by atoms with E-state index in [1.165, 1.54) is 0 Å². The van der Waals surface area contributed by atoms with Gasteiger partial charge in [-0.15, -0.1) is 0 Å². The highest BCUT2D eigenvalue weighted by molar-refractivity contribution is 8.17. The van der Waals surface area contributed by atoms with Crippen LogP contribution < -0.4 is 4.72 Å². The van der Waals surface area contributed by atoms with Crippen LogP contribution in [0.3, 0.4) is 0 Å². The molecule has 52 valence electrons. The van der Waals surface area contributed by atoms with Crippen LogP contribution in [0.4, 0.5) is 0 Å². The fourth-order valence-electron chi connectivity index (χ4n) is 0.316. The van der Waals surface area contributed by atoms with Crippen molar-refractivity contribution in [1.29, 1.82) is 0 Å². The molecule has 0 saturated heterocycles. The summed E-state index contributed by atoms with van der Waals surface area (Å²) in [5.74, 6) is 0. The molecule has 5 heteroatoms. The smallest absolute Gasteiger partial charge is 0.152 e. The van der Waals surface area contributed by atoms with Crippen molar-refractivity contribution in [3.63, 3.8) is 0 Å². The average Bonchev–Trinajstić information content (AvgIpc) is 1.21. The highest BCUT2D eigenvalue weighted by Crippen LogP contribution is 2.26. The first-order chi connectivity index (χ1) is 3.42. The number of hydrogen-bond acceptors (Lipinski definition) is 4. The van der Waals surface area contributed by atoms with E-state index in [1.54, 1.807) is 13.8 Å². The second kappa shape index (κ2) is 2.65. The third-order valence-electron chi connectivity index (χ3n) is 0.394. The summed E-state index contributed by atoms with van der Waals surface area (Å²) in [6.45, 7) is 3.40. The highest BCUT2D eigenvalue weighted by Gasteiger charge is 2.10. The van der Waals surface area contributed by atoms with Gasteiger partial charge in [0.25, 0.3) is 0 Å². The van der Waals surface area contributed by atoms with E-state index < -0.39 is 11.1 Å². The lowest BCUT2D eigenvalue weighted by atomic mass is 10.4. The van der Waals surface area contributed by atoms with E-state index in [1.807, 2.05) is 0 Å². The third-order valence-corrected chi connectivity index (χ3v) is 1.18. The lowest BCUT2D eigenvalue weighted by Crippen LogP contribution is -2.25. The molecule has 0 unspecified atom stereocenters. The van der Waals surface area contributed by atoms with Gasteiger partial charge in [0.05, 0.1) is 0 Å². The molecule has 0 heterocycles. The highest BCUT2D eigenvalue weighted by atomic mass is 32.3. The van der Waals surface area contributed by atoms with Gasteiger partial charge in [0.15, 0.2) is 11.1 Å². The van der Waals surface area contributed by atoms with E-state index in [9.17, 15) is 0 Å². The predicted octanol–water partition coefficient (Wildman–Crippen LogP) is 1.12. The Balaban J connectivity index is 3.39. The van der Waals surface area contributed by atoms with Crippen LogP contribution in [0.15, 0.2) is 0 Å². The summed E-state index contributed by atoms with van der Waals surface area (Å²) < 4.78 is 26.9. The van der Waals surface area contributed by atoms with E-state index in [4.69, 9.17) is 13.7 Å². The maximum absolute atomic E-state index is 8.27. The molecule has 0 aliphatic heterocycles. The van der Waals surface area contributed by atoms with Crippen LogP contribution in [0.1, 0.15) is 13.8 Å². The molecule has 0 amide bonds. The summed E-state index contributed by atoms with van der Waals surface area (Å²) in [6.07, 6.45) is 0. The van der Waals surface area contributed by atoms with Gasteiger partial charge in [-0.1, -0.05) is 0 Å². The lowest BCUT2D eigenvalue weighted by Gasteiger charge is -2.22. The molecule has 8 heavy (non-hydrogen) atoms. The minimum Gasteiger partial charge on any atom is -0.296 e. The molecule has 0 aromatic heterocycles. The van der Waals surface area contributed by atoms with E-state index in [0.29, 0.717) is 0 Å². The first kappa shape index (κ1) is 8.19. The molecular formula is C3H11NO3S. The summed E-state index contributed by atoms with van der Waals surface area (Å²) in [6, 6.07) is -0.120. The Hall–Kier alpha value is 0.190. The summed E-state index contributed by atoms with van der Waals surface area (Å²) in [5, 5.41) is 0. The average molecular weight is 141 g/mol. The van der Waals surface area contributed by atoms with Crippen molar-refractivity contribution in [1.82, 2.24) is 4.72 Å². The predicted molar refractivity (Wildman–Crippen MR) is 33.7 cm³/mol. The quantitative estimate of drug-likeness (QED) is 0.465. The first-order valence-corrected chi connectivity index (χ1v) is 3.70. The normalized spacial score (nSPS) is 14.8. The van der Waals surface area contributed by atoms with Gasteiger partial charge in [-0.25, -0.2) is 4.72 Å². The van der Waals surface area contributed by atoms with Gasteiger partial charge in [-0.2, -0.15) is 0 Å². The van der Waals surface area contributed by atoms with Crippen molar-refractivity contribution in [2.45, 2.75) is 19.9 Å². The number of nitrogens with one attached hydrogen (secondary N) is 1. The van der Waals surface area contributed by atoms with Gasteiger partial charge in [0, 0.05) is 6.04 Å². The SMILES string of the molecule is CC(C)NS(O)(O)O. The van der Waals surface area contributed by atoms with Gasteiger partial charge < -0.3 is 0 Å². The van der Waals surface area contributed by atoms with Crippen LogP contribution in [-0.2, 0) is 0 Å². The lowest BCUT2D eigenvalue weighted by molar-refractivity contribution is 0.354. The maximum atomic E-state index is 8.27. The van der Waals surface area contributed by atoms with Crippen molar-refractivity contribution in [2.24, 2.45) is 0 Å². The Labute approximate surface area is 50.2 Å². The van der Waals surface area contributed by atoms with Crippen LogP contribution in [-0.4, -0.2) is 19.7 Å². The molecular weight excluding hydrogens is 130 g/mol. The first-order valence-electron chi connectivity index (χ1n) is 2.20. The van der Waals surface area contributed by atoms with Gasteiger partial charge in [0.1, 0.15) is 0 Å². The zero-order valence-electron chi connectivity index (χ0n) is 4.83. The fourth-order valence-corrected chi connectivity index (χ4v) is 0.949. The molecule has 0 spiro atoms. The van der Waals surface area contributed by atoms with Crippen molar-refractivity contribution in [3.05, 3.63) is 0 Å². The van der Waals surface area contributed by atoms with Crippen LogP contribution in [0.2, 0.25) is 0 Å². The number of rotatable bonds is 2. The van der Waals surface area contributed by atoms with E-state index in [0.717, 1.165) is 0 Å². The summed E-state index contributed by atoms with van der Waals surface area (Å²) in [5.41, 5.74) is 0. The Bertz CT molecular complexity index is 69.4. The molecule has 4 N–H and O–H groups in total. The Morgan fingerprint density at radius 1 is 1.25 bits per heavy atom. The van der Waals surface area contributed by atoms with E-state index in [2.05, 4.69) is 4.72 Å². The van der Waals surface area contributed by atoms with E-state index >= 15 is 0 Å². The molecule has 0 fully saturated rings. The minimum atomic E-state index is -3.47. The van der Waals surface area contributed by atoms with Gasteiger partial charge in [0.2, 0.25) is 0 Å². The Morgan fingerprint density at radius 2 is 1.62 bits per heavy atom. The molecule has 0 atom stereocenters.